The van der Waals surface area contributed by atoms with E-state index in [0.29, 0.717) is 11.5 Å². The Balaban J connectivity index is 0.00000242. The van der Waals surface area contributed by atoms with E-state index in [1.54, 1.807) is 6.20 Å². The molecule has 0 N–H and O–H groups in total. The molecule has 0 unspecified atom stereocenters. The van der Waals surface area contributed by atoms with Crippen molar-refractivity contribution in [2.45, 2.75) is 0 Å². The zero-order chi connectivity index (χ0) is 24.3. The Morgan fingerprint density at radius 3 is 2.47 bits per heavy atom. The van der Waals surface area contributed by atoms with E-state index in [-0.39, 0.29) is 20.4 Å². The summed E-state index contributed by atoms with van der Waals surface area (Å²) in [4.78, 5) is 9.16. The molecule has 4 nitrogen and oxygen atoms in total. The topological polar surface area (TPSA) is 39.4 Å². The van der Waals surface area contributed by atoms with Gasteiger partial charge in [0.05, 0.1) is 5.65 Å². The Kier molecular flexibility index (Phi) is 5.49. The quantitative estimate of drug-likeness (QED) is 0.117. The van der Waals surface area contributed by atoms with Crippen LogP contribution in [0.5, 0.6) is 11.5 Å². The van der Waals surface area contributed by atoms with Crippen molar-refractivity contribution < 1.29 is 25.2 Å². The maximum absolute atomic E-state index is 6.23. The number of benzene rings is 4. The predicted molar refractivity (Wildman–Crippen MR) is 151 cm³/mol. The molecule has 6 heteroatoms. The average Bonchev–Trinajstić information content (AvgIpc) is 3.59. The van der Waals surface area contributed by atoms with Gasteiger partial charge in [-0.05, 0) is 29.3 Å². The van der Waals surface area contributed by atoms with Gasteiger partial charge in [0, 0.05) is 55.8 Å². The van der Waals surface area contributed by atoms with Crippen molar-refractivity contribution in [1.82, 2.24) is 14.4 Å². The van der Waals surface area contributed by atoms with Crippen LogP contribution in [0.25, 0.3) is 58.8 Å². The minimum atomic E-state index is 0. The number of thiophene rings is 1. The molecule has 0 radical (unpaired) electrons. The van der Waals surface area contributed by atoms with Gasteiger partial charge in [0.15, 0.2) is 0 Å². The van der Waals surface area contributed by atoms with Gasteiger partial charge in [-0.2, -0.15) is 0 Å². The summed E-state index contributed by atoms with van der Waals surface area (Å²) in [6.45, 7) is 0. The number of nitrogens with zero attached hydrogens (tertiary/aromatic N) is 3. The first kappa shape index (κ1) is 23.1. The van der Waals surface area contributed by atoms with Crippen LogP contribution >= 0.6 is 11.3 Å². The number of hydrogen-bond donors (Lipinski definition) is 0. The molecule has 0 bridgehead atoms. The van der Waals surface area contributed by atoms with E-state index in [1.807, 2.05) is 66.2 Å². The summed E-state index contributed by atoms with van der Waals surface area (Å²) in [6.07, 6.45) is 5.67. The van der Waals surface area contributed by atoms with E-state index >= 15 is 0 Å². The molecule has 0 spiro atoms. The summed E-state index contributed by atoms with van der Waals surface area (Å²) < 4.78 is 11.0. The fourth-order valence-electron chi connectivity index (χ4n) is 5.17. The molecule has 182 valence electrons. The van der Waals surface area contributed by atoms with Crippen LogP contribution in [0, 0.1) is 12.1 Å². The maximum Gasteiger partial charge on any atom is 2.00 e. The molecule has 4 aromatic heterocycles. The monoisotopic (exact) mass is 597 g/mol. The molecule has 0 aliphatic heterocycles. The third-order valence-electron chi connectivity index (χ3n) is 6.76. The van der Waals surface area contributed by atoms with Crippen LogP contribution in [0.1, 0.15) is 0 Å². The number of ether oxygens (including phenoxy) is 1. The molecule has 38 heavy (non-hydrogen) atoms. The molecule has 8 rings (SSSR count). The van der Waals surface area contributed by atoms with Gasteiger partial charge in [-0.3, -0.25) is 4.98 Å². The normalized spacial score (nSPS) is 11.5. The number of rotatable bonds is 3. The Bertz CT molecular complexity index is 2130. The molecular formula is C32H17N3OPdS. The van der Waals surface area contributed by atoms with Gasteiger partial charge < -0.3 is 14.1 Å². The summed E-state index contributed by atoms with van der Waals surface area (Å²) in [7, 11) is 0. The maximum atomic E-state index is 6.23. The fraction of sp³-hybridized carbons (Fsp3) is 0. The summed E-state index contributed by atoms with van der Waals surface area (Å²) in [6, 6.07) is 35.6. The van der Waals surface area contributed by atoms with E-state index in [9.17, 15) is 0 Å². The molecular weight excluding hydrogens is 581 g/mol. The van der Waals surface area contributed by atoms with Crippen molar-refractivity contribution in [1.29, 1.82) is 0 Å². The third-order valence-corrected chi connectivity index (χ3v) is 7.90. The van der Waals surface area contributed by atoms with Crippen LogP contribution in [0.4, 0.5) is 0 Å². The van der Waals surface area contributed by atoms with Crippen LogP contribution in [0.2, 0.25) is 0 Å². The van der Waals surface area contributed by atoms with Crippen LogP contribution in [-0.2, 0) is 20.4 Å². The zero-order valence-electron chi connectivity index (χ0n) is 19.8. The van der Waals surface area contributed by atoms with E-state index < -0.39 is 0 Å². The summed E-state index contributed by atoms with van der Waals surface area (Å²) in [5.74, 6) is 1.23. The Morgan fingerprint density at radius 1 is 0.684 bits per heavy atom. The van der Waals surface area contributed by atoms with Crippen molar-refractivity contribution >= 4 is 58.8 Å². The second-order valence-corrected chi connectivity index (χ2v) is 9.99. The molecule has 0 amide bonds. The minimum absolute atomic E-state index is 0. The van der Waals surface area contributed by atoms with E-state index in [4.69, 9.17) is 9.72 Å². The van der Waals surface area contributed by atoms with Crippen molar-refractivity contribution in [3.63, 3.8) is 0 Å². The number of aromatic nitrogens is 3. The summed E-state index contributed by atoms with van der Waals surface area (Å²) in [5, 5.41) is 5.74. The van der Waals surface area contributed by atoms with Gasteiger partial charge in [-0.15, -0.1) is 41.2 Å². The Morgan fingerprint density at radius 2 is 1.55 bits per heavy atom. The fourth-order valence-corrected chi connectivity index (χ4v) is 6.28. The SMILES string of the molecule is [Pd+2].[c-]1c(Oc2[c-]c3c(cc2)c2ccc4sc5ccccc5c4c2n2ccnc32)cccc1-c1ccccn1. The molecule has 0 aliphatic rings. The first-order valence-corrected chi connectivity index (χ1v) is 12.8. The molecule has 0 aliphatic carbocycles. The zero-order valence-corrected chi connectivity index (χ0v) is 22.2. The van der Waals surface area contributed by atoms with Crippen LogP contribution < -0.4 is 4.74 Å². The van der Waals surface area contributed by atoms with Gasteiger partial charge in [-0.1, -0.05) is 65.4 Å². The second-order valence-electron chi connectivity index (χ2n) is 8.91. The summed E-state index contributed by atoms with van der Waals surface area (Å²) >= 11 is 1.83. The molecule has 4 heterocycles. The number of fused-ring (bicyclic) bond motifs is 10. The minimum Gasteiger partial charge on any atom is -0.497 e. The molecule has 0 fully saturated rings. The third kappa shape index (κ3) is 3.54. The largest absolute Gasteiger partial charge is 2.00 e. The predicted octanol–water partition coefficient (Wildman–Crippen LogP) is 8.46. The van der Waals surface area contributed by atoms with E-state index in [1.165, 1.54) is 31.1 Å². The molecule has 0 saturated carbocycles. The summed E-state index contributed by atoms with van der Waals surface area (Å²) in [5.41, 5.74) is 3.77. The van der Waals surface area contributed by atoms with Crippen molar-refractivity contribution in [3.8, 4) is 22.8 Å². The number of hydrogen-bond acceptors (Lipinski definition) is 4. The van der Waals surface area contributed by atoms with E-state index in [2.05, 4.69) is 64.0 Å². The number of pyridine rings is 2. The van der Waals surface area contributed by atoms with Crippen LogP contribution in [0.3, 0.4) is 0 Å². The average molecular weight is 598 g/mol. The van der Waals surface area contributed by atoms with Crippen LogP contribution in [0.15, 0.2) is 104 Å². The van der Waals surface area contributed by atoms with Gasteiger partial charge in [0.25, 0.3) is 0 Å². The van der Waals surface area contributed by atoms with Crippen molar-refractivity contribution in [3.05, 3.63) is 116 Å². The van der Waals surface area contributed by atoms with Gasteiger partial charge >= 0.3 is 20.4 Å². The standard InChI is InChI=1S/C32H17N3OS.Pd/c1-2-10-28-25(8-1)30-29(37-28)14-13-24-23-12-11-22(19-26(23)32-34-16-17-35(32)31(24)30)36-21-7-5-6-20(18-21)27-9-3-4-15-33-27;/h1-17H;/q-2;+2. The van der Waals surface area contributed by atoms with Gasteiger partial charge in [-0.25, -0.2) is 0 Å². The molecule has 8 aromatic rings. The van der Waals surface area contributed by atoms with Gasteiger partial charge in [0.2, 0.25) is 0 Å². The first-order valence-electron chi connectivity index (χ1n) is 12.0. The Hall–Kier alpha value is -4.08. The first-order chi connectivity index (χ1) is 18.3. The molecule has 0 saturated heterocycles. The number of imidazole rings is 1. The Labute approximate surface area is 235 Å². The smallest absolute Gasteiger partial charge is 0.497 e. The van der Waals surface area contributed by atoms with Crippen molar-refractivity contribution in [2.75, 3.05) is 0 Å². The van der Waals surface area contributed by atoms with Gasteiger partial charge in [0.1, 0.15) is 0 Å². The molecule has 0 atom stereocenters. The van der Waals surface area contributed by atoms with Crippen molar-refractivity contribution in [2.24, 2.45) is 0 Å². The second kappa shape index (κ2) is 9.04. The molecule has 4 aromatic carbocycles. The van der Waals surface area contributed by atoms with E-state index in [0.717, 1.165) is 27.7 Å². The van der Waals surface area contributed by atoms with Crippen LogP contribution in [-0.4, -0.2) is 14.4 Å².